The maximum absolute atomic E-state index is 13.0. The molecule has 15 heavy (non-hydrogen) atoms. The van der Waals surface area contributed by atoms with E-state index in [0.29, 0.717) is 6.54 Å². The molecule has 0 N–H and O–H groups in total. The molecule has 0 saturated heterocycles. The molecule has 1 amide bonds. The highest BCUT2D eigenvalue weighted by Crippen LogP contribution is 2.27. The average molecular weight is 209 g/mol. The van der Waals surface area contributed by atoms with Gasteiger partial charge in [0.15, 0.2) is 0 Å². The van der Waals surface area contributed by atoms with Crippen molar-refractivity contribution < 1.29 is 13.9 Å². The summed E-state index contributed by atoms with van der Waals surface area (Å²) in [4.78, 5) is 13.0. The van der Waals surface area contributed by atoms with E-state index in [0.717, 1.165) is 24.1 Å². The molecular formula is C11H12FNO2. The number of methoxy groups -OCH3 is 1. The second kappa shape index (κ2) is 3.88. The van der Waals surface area contributed by atoms with Gasteiger partial charge in [0, 0.05) is 6.54 Å². The third-order valence-electron chi connectivity index (χ3n) is 2.56. The zero-order valence-electron chi connectivity index (χ0n) is 8.50. The van der Waals surface area contributed by atoms with Crippen LogP contribution in [0.15, 0.2) is 18.2 Å². The Hall–Kier alpha value is -1.58. The molecule has 0 fully saturated rings. The second-order valence-corrected chi connectivity index (χ2v) is 3.50. The lowest BCUT2D eigenvalue weighted by molar-refractivity contribution is 0.178. The van der Waals surface area contributed by atoms with Crippen LogP contribution < -0.4 is 4.90 Å². The van der Waals surface area contributed by atoms with Crippen molar-refractivity contribution in [1.82, 2.24) is 0 Å². The summed E-state index contributed by atoms with van der Waals surface area (Å²) in [5.41, 5.74) is 1.63. The first-order valence-corrected chi connectivity index (χ1v) is 4.86. The van der Waals surface area contributed by atoms with Crippen molar-refractivity contribution in [2.24, 2.45) is 0 Å². The van der Waals surface area contributed by atoms with Crippen LogP contribution >= 0.6 is 0 Å². The first-order valence-electron chi connectivity index (χ1n) is 4.86. The average Bonchev–Trinajstić information content (AvgIpc) is 2.26. The molecule has 3 nitrogen and oxygen atoms in total. The number of hydrogen-bond donors (Lipinski definition) is 0. The third kappa shape index (κ3) is 1.79. The minimum atomic E-state index is -0.387. The predicted octanol–water partition coefficient (Wildman–Crippen LogP) is 2.34. The maximum atomic E-state index is 13.0. The number of aryl methyl sites for hydroxylation is 1. The quantitative estimate of drug-likeness (QED) is 0.656. The smallest absolute Gasteiger partial charge is 0.414 e. The van der Waals surface area contributed by atoms with Crippen molar-refractivity contribution in [3.8, 4) is 0 Å². The molecule has 80 valence electrons. The van der Waals surface area contributed by atoms with E-state index in [1.54, 1.807) is 6.07 Å². The van der Waals surface area contributed by atoms with Crippen LogP contribution in [0.25, 0.3) is 0 Å². The van der Waals surface area contributed by atoms with Crippen LogP contribution in [0.4, 0.5) is 14.9 Å². The Morgan fingerprint density at radius 2 is 2.33 bits per heavy atom. The van der Waals surface area contributed by atoms with Gasteiger partial charge in [-0.3, -0.25) is 4.90 Å². The number of anilines is 1. The number of ether oxygens (including phenoxy) is 1. The van der Waals surface area contributed by atoms with Crippen LogP contribution in [0.3, 0.4) is 0 Å². The first kappa shape index (κ1) is 9.96. The highest BCUT2D eigenvalue weighted by atomic mass is 19.1. The number of amides is 1. The van der Waals surface area contributed by atoms with Gasteiger partial charge in [0.25, 0.3) is 0 Å². The number of rotatable bonds is 0. The fourth-order valence-corrected chi connectivity index (χ4v) is 1.87. The second-order valence-electron chi connectivity index (χ2n) is 3.50. The summed E-state index contributed by atoms with van der Waals surface area (Å²) in [6, 6.07) is 4.46. The molecule has 0 radical (unpaired) electrons. The van der Waals surface area contributed by atoms with E-state index in [1.807, 2.05) is 0 Å². The van der Waals surface area contributed by atoms with Crippen LogP contribution in [-0.2, 0) is 11.2 Å². The number of carbonyl (C=O) groups is 1. The Labute approximate surface area is 87.5 Å². The summed E-state index contributed by atoms with van der Waals surface area (Å²) in [7, 11) is 1.35. The SMILES string of the molecule is COC(=O)N1CCCc2cc(F)ccc21. The van der Waals surface area contributed by atoms with Gasteiger partial charge in [0.1, 0.15) is 5.82 Å². The predicted molar refractivity (Wildman–Crippen MR) is 54.5 cm³/mol. The standard InChI is InChI=1S/C11H12FNO2/c1-15-11(14)13-6-2-3-8-7-9(12)4-5-10(8)13/h4-5,7H,2-3,6H2,1H3. The van der Waals surface area contributed by atoms with Gasteiger partial charge in [-0.1, -0.05) is 0 Å². The maximum Gasteiger partial charge on any atom is 0.414 e. The number of nitrogens with zero attached hydrogens (tertiary/aromatic N) is 1. The highest BCUT2D eigenvalue weighted by Gasteiger charge is 2.22. The fraction of sp³-hybridized carbons (Fsp3) is 0.364. The molecular weight excluding hydrogens is 197 g/mol. The molecule has 1 aromatic rings. The summed E-state index contributed by atoms with van der Waals surface area (Å²) in [5, 5.41) is 0. The summed E-state index contributed by atoms with van der Waals surface area (Å²) >= 11 is 0. The number of hydrogen-bond acceptors (Lipinski definition) is 2. The molecule has 1 aliphatic heterocycles. The van der Waals surface area contributed by atoms with E-state index in [4.69, 9.17) is 0 Å². The van der Waals surface area contributed by atoms with Gasteiger partial charge in [0.05, 0.1) is 12.8 Å². The van der Waals surface area contributed by atoms with Crippen LogP contribution in [0.1, 0.15) is 12.0 Å². The number of halogens is 1. The van der Waals surface area contributed by atoms with Crippen molar-refractivity contribution in [2.75, 3.05) is 18.6 Å². The van der Waals surface area contributed by atoms with Gasteiger partial charge in [-0.2, -0.15) is 0 Å². The molecule has 0 aliphatic carbocycles. The molecule has 0 spiro atoms. The Morgan fingerprint density at radius 1 is 1.53 bits per heavy atom. The molecule has 0 atom stereocenters. The number of carbonyl (C=O) groups excluding carboxylic acids is 1. The Morgan fingerprint density at radius 3 is 3.07 bits per heavy atom. The fourth-order valence-electron chi connectivity index (χ4n) is 1.87. The lowest BCUT2D eigenvalue weighted by Gasteiger charge is -2.28. The van der Waals surface area contributed by atoms with E-state index >= 15 is 0 Å². The van der Waals surface area contributed by atoms with Crippen molar-refractivity contribution in [1.29, 1.82) is 0 Å². The highest BCUT2D eigenvalue weighted by molar-refractivity contribution is 5.89. The lowest BCUT2D eigenvalue weighted by Crippen LogP contribution is -2.35. The Kier molecular flexibility index (Phi) is 2.58. The van der Waals surface area contributed by atoms with Crippen molar-refractivity contribution >= 4 is 11.8 Å². The van der Waals surface area contributed by atoms with Gasteiger partial charge in [0.2, 0.25) is 0 Å². The lowest BCUT2D eigenvalue weighted by atomic mass is 10.0. The van der Waals surface area contributed by atoms with Gasteiger partial charge in [-0.05, 0) is 36.6 Å². The van der Waals surface area contributed by atoms with E-state index in [1.165, 1.54) is 24.1 Å². The Balaban J connectivity index is 2.38. The molecule has 4 heteroatoms. The molecule has 0 aromatic heterocycles. The van der Waals surface area contributed by atoms with Gasteiger partial charge in [-0.25, -0.2) is 9.18 Å². The van der Waals surface area contributed by atoms with Crippen LogP contribution in [0, 0.1) is 5.82 Å². The summed E-state index contributed by atoms with van der Waals surface area (Å²) in [6.07, 6.45) is 1.26. The molecule has 0 bridgehead atoms. The van der Waals surface area contributed by atoms with E-state index in [-0.39, 0.29) is 11.9 Å². The van der Waals surface area contributed by atoms with E-state index in [2.05, 4.69) is 4.74 Å². The van der Waals surface area contributed by atoms with Crippen LogP contribution in [-0.4, -0.2) is 19.7 Å². The molecule has 0 saturated carbocycles. The first-order chi connectivity index (χ1) is 7.22. The molecule has 1 aromatic carbocycles. The number of fused-ring (bicyclic) bond motifs is 1. The topological polar surface area (TPSA) is 29.5 Å². The molecule has 1 aliphatic rings. The normalized spacial score (nSPS) is 14.7. The zero-order valence-corrected chi connectivity index (χ0v) is 8.50. The minimum Gasteiger partial charge on any atom is -0.452 e. The monoisotopic (exact) mass is 209 g/mol. The summed E-state index contributed by atoms with van der Waals surface area (Å²) in [6.45, 7) is 0.630. The van der Waals surface area contributed by atoms with Gasteiger partial charge >= 0.3 is 6.09 Å². The van der Waals surface area contributed by atoms with Crippen LogP contribution in [0.5, 0.6) is 0 Å². The van der Waals surface area contributed by atoms with Crippen molar-refractivity contribution in [3.63, 3.8) is 0 Å². The van der Waals surface area contributed by atoms with E-state index in [9.17, 15) is 9.18 Å². The van der Waals surface area contributed by atoms with Gasteiger partial charge < -0.3 is 4.74 Å². The van der Waals surface area contributed by atoms with E-state index < -0.39 is 0 Å². The van der Waals surface area contributed by atoms with Crippen molar-refractivity contribution in [3.05, 3.63) is 29.6 Å². The van der Waals surface area contributed by atoms with Crippen molar-refractivity contribution in [2.45, 2.75) is 12.8 Å². The largest absolute Gasteiger partial charge is 0.452 e. The Bertz CT molecular complexity index is 392. The zero-order chi connectivity index (χ0) is 10.8. The number of benzene rings is 1. The third-order valence-corrected chi connectivity index (χ3v) is 2.56. The molecule has 0 unspecified atom stereocenters. The minimum absolute atomic E-state index is 0.263. The van der Waals surface area contributed by atoms with Crippen LogP contribution in [0.2, 0.25) is 0 Å². The molecule has 1 heterocycles. The molecule has 2 rings (SSSR count). The summed E-state index contributed by atoms with van der Waals surface area (Å²) in [5.74, 6) is -0.263. The van der Waals surface area contributed by atoms with Gasteiger partial charge in [-0.15, -0.1) is 0 Å². The summed E-state index contributed by atoms with van der Waals surface area (Å²) < 4.78 is 17.6.